The zero-order valence-electron chi connectivity index (χ0n) is 12.0. The highest BCUT2D eigenvalue weighted by Crippen LogP contribution is 2.37. The molecule has 0 radical (unpaired) electrons. The number of hydrogen-bond donors (Lipinski definition) is 2. The average Bonchev–Trinajstić information content (AvgIpc) is 2.99. The molecule has 7 heteroatoms. The van der Waals surface area contributed by atoms with Crippen LogP contribution in [0, 0.1) is 5.82 Å². The van der Waals surface area contributed by atoms with Crippen LogP contribution in [-0.4, -0.2) is 22.6 Å². The summed E-state index contributed by atoms with van der Waals surface area (Å²) in [5.41, 5.74) is 7.81. The Labute approximate surface area is 131 Å². The van der Waals surface area contributed by atoms with Crippen LogP contribution in [0.5, 0.6) is 0 Å². The Balaban J connectivity index is 2.13. The van der Waals surface area contributed by atoms with Gasteiger partial charge in [-0.2, -0.15) is 0 Å². The number of nitrogens with two attached hydrogens (primary N) is 1. The monoisotopic (exact) mass is 312 g/mol. The van der Waals surface area contributed by atoms with Crippen molar-refractivity contribution in [3.63, 3.8) is 0 Å². The van der Waals surface area contributed by atoms with Crippen LogP contribution >= 0.6 is 0 Å². The molecule has 116 valence electrons. The van der Waals surface area contributed by atoms with Gasteiger partial charge in [0, 0.05) is 18.0 Å². The topological polar surface area (TPSA) is 94.0 Å². The largest absolute Gasteiger partial charge is 0.337 e. The highest BCUT2D eigenvalue weighted by Gasteiger charge is 2.20. The predicted molar refractivity (Wildman–Crippen MR) is 82.8 cm³/mol. The van der Waals surface area contributed by atoms with E-state index in [2.05, 4.69) is 15.5 Å². The smallest absolute Gasteiger partial charge is 0.240 e. The van der Waals surface area contributed by atoms with E-state index in [1.165, 1.54) is 12.1 Å². The molecule has 0 bridgehead atoms. The van der Waals surface area contributed by atoms with Crippen LogP contribution in [0.4, 0.5) is 10.3 Å². The lowest BCUT2D eigenvalue weighted by atomic mass is 10.0. The van der Waals surface area contributed by atoms with Crippen molar-refractivity contribution in [1.29, 1.82) is 0 Å². The van der Waals surface area contributed by atoms with E-state index in [0.717, 1.165) is 5.56 Å². The Morgan fingerprint density at radius 2 is 1.83 bits per heavy atom. The summed E-state index contributed by atoms with van der Waals surface area (Å²) in [7, 11) is 0. The number of nitrogens with zero attached hydrogens (tertiary/aromatic N) is 2. The van der Waals surface area contributed by atoms with Crippen molar-refractivity contribution in [3.05, 3.63) is 54.6 Å². The number of carbonyl (C=O) groups excluding carboxylic acids is 1. The SMILES string of the molecule is NCC(=O)Nc1onc(-c2ccc(F)cc2)c1-c1ccncc1. The van der Waals surface area contributed by atoms with Crippen LogP contribution in [0.2, 0.25) is 0 Å². The molecular formula is C16H13FN4O2. The molecule has 3 N–H and O–H groups in total. The molecule has 0 aliphatic carbocycles. The molecule has 0 fully saturated rings. The standard InChI is InChI=1S/C16H13FN4O2/c17-12-3-1-11(2-4-12)15-14(10-5-7-19-8-6-10)16(23-21-15)20-13(22)9-18/h1-8H,9,18H2,(H,20,22). The molecule has 0 saturated carbocycles. The van der Waals surface area contributed by atoms with E-state index in [-0.39, 0.29) is 18.2 Å². The summed E-state index contributed by atoms with van der Waals surface area (Å²) in [5, 5.41) is 6.58. The quantitative estimate of drug-likeness (QED) is 0.771. The molecule has 0 aliphatic rings. The molecule has 3 rings (SSSR count). The van der Waals surface area contributed by atoms with Crippen LogP contribution in [0.15, 0.2) is 53.3 Å². The number of aromatic nitrogens is 2. The summed E-state index contributed by atoms with van der Waals surface area (Å²) >= 11 is 0. The predicted octanol–water partition coefficient (Wildman–Crippen LogP) is 2.44. The Kier molecular flexibility index (Phi) is 4.11. The lowest BCUT2D eigenvalue weighted by molar-refractivity contribution is -0.115. The molecule has 0 atom stereocenters. The van der Waals surface area contributed by atoms with E-state index in [4.69, 9.17) is 10.3 Å². The van der Waals surface area contributed by atoms with Gasteiger partial charge in [0.1, 0.15) is 11.5 Å². The van der Waals surface area contributed by atoms with Crippen LogP contribution < -0.4 is 11.1 Å². The van der Waals surface area contributed by atoms with E-state index in [0.29, 0.717) is 16.8 Å². The molecular weight excluding hydrogens is 299 g/mol. The minimum atomic E-state index is -0.401. The summed E-state index contributed by atoms with van der Waals surface area (Å²) < 4.78 is 18.4. The van der Waals surface area contributed by atoms with Crippen LogP contribution in [0.3, 0.4) is 0 Å². The third kappa shape index (κ3) is 3.09. The number of rotatable bonds is 4. The van der Waals surface area contributed by atoms with Crippen LogP contribution in [0.1, 0.15) is 0 Å². The third-order valence-corrected chi connectivity index (χ3v) is 3.22. The Bertz CT molecular complexity index is 816. The molecule has 1 aromatic carbocycles. The number of hydrogen-bond acceptors (Lipinski definition) is 5. The number of carbonyl (C=O) groups is 1. The summed E-state index contributed by atoms with van der Waals surface area (Å²) in [6.07, 6.45) is 3.23. The first kappa shape index (κ1) is 14.9. The van der Waals surface area contributed by atoms with Gasteiger partial charge in [0.2, 0.25) is 11.8 Å². The fourth-order valence-electron chi connectivity index (χ4n) is 2.14. The molecule has 3 aromatic rings. The third-order valence-electron chi connectivity index (χ3n) is 3.22. The minimum Gasteiger partial charge on any atom is -0.337 e. The summed E-state index contributed by atoms with van der Waals surface area (Å²) in [5.74, 6) is -0.563. The van der Waals surface area contributed by atoms with Crippen molar-refractivity contribution in [2.24, 2.45) is 5.73 Å². The van der Waals surface area contributed by atoms with Crippen molar-refractivity contribution in [2.75, 3.05) is 11.9 Å². The maximum Gasteiger partial charge on any atom is 0.240 e. The number of amides is 1. The Morgan fingerprint density at radius 1 is 1.13 bits per heavy atom. The Morgan fingerprint density at radius 3 is 2.48 bits per heavy atom. The van der Waals surface area contributed by atoms with E-state index in [1.54, 1.807) is 36.7 Å². The minimum absolute atomic E-state index is 0.178. The van der Waals surface area contributed by atoms with Gasteiger partial charge in [-0.05, 0) is 42.0 Å². The first-order chi connectivity index (χ1) is 11.2. The van der Waals surface area contributed by atoms with Gasteiger partial charge in [-0.25, -0.2) is 4.39 Å². The molecule has 6 nitrogen and oxygen atoms in total. The highest BCUT2D eigenvalue weighted by molar-refractivity contribution is 5.97. The van der Waals surface area contributed by atoms with E-state index in [1.807, 2.05) is 0 Å². The lowest BCUT2D eigenvalue weighted by Crippen LogP contribution is -2.21. The zero-order chi connectivity index (χ0) is 16.2. The number of halogens is 1. The van der Waals surface area contributed by atoms with Gasteiger partial charge in [0.05, 0.1) is 12.1 Å². The molecule has 2 aromatic heterocycles. The molecule has 23 heavy (non-hydrogen) atoms. The second-order valence-corrected chi connectivity index (χ2v) is 4.73. The second-order valence-electron chi connectivity index (χ2n) is 4.73. The highest BCUT2D eigenvalue weighted by atomic mass is 19.1. The van der Waals surface area contributed by atoms with Gasteiger partial charge in [0.15, 0.2) is 0 Å². The number of benzene rings is 1. The van der Waals surface area contributed by atoms with Crippen molar-refractivity contribution >= 4 is 11.8 Å². The van der Waals surface area contributed by atoms with Gasteiger partial charge < -0.3 is 10.3 Å². The zero-order valence-corrected chi connectivity index (χ0v) is 12.0. The van der Waals surface area contributed by atoms with E-state index < -0.39 is 5.91 Å². The van der Waals surface area contributed by atoms with Crippen LogP contribution in [-0.2, 0) is 4.79 Å². The fourth-order valence-corrected chi connectivity index (χ4v) is 2.14. The summed E-state index contributed by atoms with van der Waals surface area (Å²) in [6, 6.07) is 9.37. The van der Waals surface area contributed by atoms with E-state index in [9.17, 15) is 9.18 Å². The maximum atomic E-state index is 13.1. The summed E-state index contributed by atoms with van der Waals surface area (Å²) in [6.45, 7) is -0.178. The molecule has 2 heterocycles. The van der Waals surface area contributed by atoms with Crippen molar-refractivity contribution in [1.82, 2.24) is 10.1 Å². The molecule has 0 unspecified atom stereocenters. The first-order valence-electron chi connectivity index (χ1n) is 6.85. The number of pyridine rings is 1. The van der Waals surface area contributed by atoms with Gasteiger partial charge in [-0.1, -0.05) is 5.16 Å². The van der Waals surface area contributed by atoms with Crippen molar-refractivity contribution in [3.8, 4) is 22.4 Å². The maximum absolute atomic E-state index is 13.1. The normalized spacial score (nSPS) is 10.5. The fraction of sp³-hybridized carbons (Fsp3) is 0.0625. The van der Waals surface area contributed by atoms with Crippen molar-refractivity contribution in [2.45, 2.75) is 0 Å². The number of nitrogens with one attached hydrogen (secondary N) is 1. The number of anilines is 1. The molecule has 0 spiro atoms. The lowest BCUT2D eigenvalue weighted by Gasteiger charge is -2.05. The Hall–Kier alpha value is -3.06. The molecule has 1 amide bonds. The second kappa shape index (κ2) is 6.37. The molecule has 0 aliphatic heterocycles. The van der Waals surface area contributed by atoms with Crippen molar-refractivity contribution < 1.29 is 13.7 Å². The van der Waals surface area contributed by atoms with E-state index >= 15 is 0 Å². The van der Waals surface area contributed by atoms with Gasteiger partial charge in [0.25, 0.3) is 0 Å². The average molecular weight is 312 g/mol. The first-order valence-corrected chi connectivity index (χ1v) is 6.85. The summed E-state index contributed by atoms with van der Waals surface area (Å²) in [4.78, 5) is 15.5. The molecule has 0 saturated heterocycles. The van der Waals surface area contributed by atoms with Gasteiger partial charge >= 0.3 is 0 Å². The van der Waals surface area contributed by atoms with Gasteiger partial charge in [-0.3, -0.25) is 15.1 Å². The van der Waals surface area contributed by atoms with Crippen LogP contribution in [0.25, 0.3) is 22.4 Å². The van der Waals surface area contributed by atoms with Gasteiger partial charge in [-0.15, -0.1) is 0 Å².